The van der Waals surface area contributed by atoms with Crippen LogP contribution in [-0.2, 0) is 0 Å². The van der Waals surface area contributed by atoms with Crippen LogP contribution in [0.15, 0.2) is 24.3 Å². The Hall–Kier alpha value is -0.500. The molecule has 0 bridgehead atoms. The number of carbonyl (C=O) groups is 1. The molecule has 1 unspecified atom stereocenters. The summed E-state index contributed by atoms with van der Waals surface area (Å²) in [6, 6.07) is 6.15. The van der Waals surface area contributed by atoms with Crippen LogP contribution in [0.4, 0.5) is 5.69 Å². The number of halogens is 1. The molecule has 2 N–H and O–H groups in total. The molecule has 0 radical (unpaired) electrons. The summed E-state index contributed by atoms with van der Waals surface area (Å²) in [7, 11) is 0. The number of benzene rings is 1. The molecule has 13 heavy (non-hydrogen) atoms. The summed E-state index contributed by atoms with van der Waals surface area (Å²) in [5, 5.41) is 18.2. The molecule has 0 spiro atoms. The van der Waals surface area contributed by atoms with E-state index in [-0.39, 0.29) is 9.48 Å². The van der Waals surface area contributed by atoms with Crippen molar-refractivity contribution >= 4 is 9.48 Å². The van der Waals surface area contributed by atoms with Crippen LogP contribution in [0.5, 0.6) is 0 Å². The molecule has 0 aliphatic rings. The maximum atomic E-state index is 11.2. The molecule has 72 valence electrons. The fraction of sp³-hybridized carbons (Fsp3) is 0.125. The number of rotatable bonds is 3. The SMILES string of the molecule is C[I-]C(=O)c1cccc([NH+]([O-])O)c1. The third kappa shape index (κ3) is 2.73. The second-order valence-corrected chi connectivity index (χ2v) is 4.41. The van der Waals surface area contributed by atoms with Crippen molar-refractivity contribution in [1.82, 2.24) is 0 Å². The third-order valence-corrected chi connectivity index (χ3v) is 3.11. The summed E-state index contributed by atoms with van der Waals surface area (Å²) in [5.41, 5.74) is 0.679. The molecular weight excluding hydrogens is 285 g/mol. The molecule has 1 atom stereocenters. The Morgan fingerprint density at radius 2 is 2.31 bits per heavy atom. The molecule has 0 fully saturated rings. The molecule has 1 aromatic carbocycles. The van der Waals surface area contributed by atoms with E-state index in [0.717, 1.165) is 0 Å². The van der Waals surface area contributed by atoms with Crippen LogP contribution in [0.2, 0.25) is 0 Å². The second kappa shape index (κ2) is 4.66. The van der Waals surface area contributed by atoms with Crippen LogP contribution in [0.25, 0.3) is 0 Å². The molecule has 0 saturated carbocycles. The Kier molecular flexibility index (Phi) is 3.79. The van der Waals surface area contributed by atoms with Gasteiger partial charge in [0.25, 0.3) is 0 Å². The Bertz CT molecular complexity index is 314. The molecule has 4 nitrogen and oxygen atoms in total. The summed E-state index contributed by atoms with van der Waals surface area (Å²) < 4.78 is 0.0712. The van der Waals surface area contributed by atoms with Gasteiger partial charge in [0, 0.05) is 0 Å². The van der Waals surface area contributed by atoms with Crippen molar-refractivity contribution in [3.8, 4) is 0 Å². The van der Waals surface area contributed by atoms with E-state index in [1.807, 2.05) is 4.93 Å². The number of hydrogen-bond donors (Lipinski definition) is 2. The molecule has 0 amide bonds. The van der Waals surface area contributed by atoms with Gasteiger partial charge in [0.2, 0.25) is 0 Å². The standard InChI is InChI=1S/C8H9INO3/c1-9-8(11)6-3-2-4-7(5-6)10(12)13/h2-5,10,12H,1H3/q-1. The van der Waals surface area contributed by atoms with Crippen LogP contribution in [0.1, 0.15) is 10.4 Å². The quantitative estimate of drug-likeness (QED) is 0.269. The topological polar surface area (TPSA) is 64.8 Å². The third-order valence-electron chi connectivity index (χ3n) is 1.51. The first-order valence-corrected chi connectivity index (χ1v) is 6.76. The average Bonchev–Trinajstić information content (AvgIpc) is 2.17. The van der Waals surface area contributed by atoms with Gasteiger partial charge in [-0.25, -0.2) is 0 Å². The van der Waals surface area contributed by atoms with Crippen LogP contribution in [0.3, 0.4) is 0 Å². The van der Waals surface area contributed by atoms with E-state index in [9.17, 15) is 10.0 Å². The minimum atomic E-state index is -0.996. The van der Waals surface area contributed by atoms with Gasteiger partial charge in [0.15, 0.2) is 0 Å². The van der Waals surface area contributed by atoms with Gasteiger partial charge in [-0.1, -0.05) is 0 Å². The average molecular weight is 294 g/mol. The van der Waals surface area contributed by atoms with Gasteiger partial charge in [-0.15, -0.1) is 0 Å². The summed E-state index contributed by atoms with van der Waals surface area (Å²) in [4.78, 5) is 13.1. The number of quaternary nitrogens is 1. The monoisotopic (exact) mass is 294 g/mol. The van der Waals surface area contributed by atoms with Gasteiger partial charge in [0.05, 0.1) is 0 Å². The summed E-state index contributed by atoms with van der Waals surface area (Å²) >= 11 is -0.498. The summed E-state index contributed by atoms with van der Waals surface area (Å²) in [6.45, 7) is 0. The molecule has 0 aliphatic heterocycles. The maximum absolute atomic E-state index is 11.2. The van der Waals surface area contributed by atoms with E-state index in [1.165, 1.54) is 12.1 Å². The zero-order valence-corrected chi connectivity index (χ0v) is 9.11. The van der Waals surface area contributed by atoms with E-state index < -0.39 is 26.4 Å². The van der Waals surface area contributed by atoms with Crippen LogP contribution in [-0.4, -0.2) is 13.9 Å². The van der Waals surface area contributed by atoms with Crippen LogP contribution >= 0.6 is 0 Å². The van der Waals surface area contributed by atoms with Gasteiger partial charge >= 0.3 is 85.9 Å². The fourth-order valence-electron chi connectivity index (χ4n) is 0.884. The van der Waals surface area contributed by atoms with Crippen LogP contribution in [0, 0.1) is 5.21 Å². The summed E-state index contributed by atoms with van der Waals surface area (Å²) in [6.07, 6.45) is 0. The second-order valence-electron chi connectivity index (χ2n) is 2.35. The Morgan fingerprint density at radius 3 is 2.85 bits per heavy atom. The van der Waals surface area contributed by atoms with Gasteiger partial charge in [-0.05, 0) is 0 Å². The van der Waals surface area contributed by atoms with E-state index in [2.05, 4.69) is 0 Å². The zero-order chi connectivity index (χ0) is 9.84. The Morgan fingerprint density at radius 1 is 1.62 bits per heavy atom. The van der Waals surface area contributed by atoms with Crippen LogP contribution < -0.4 is 26.4 Å². The fourth-order valence-corrected chi connectivity index (χ4v) is 1.84. The van der Waals surface area contributed by atoms with Crippen molar-refractivity contribution in [2.45, 2.75) is 0 Å². The molecule has 0 aliphatic carbocycles. The van der Waals surface area contributed by atoms with E-state index in [0.29, 0.717) is 5.56 Å². The van der Waals surface area contributed by atoms with E-state index >= 15 is 0 Å². The van der Waals surface area contributed by atoms with Crippen molar-refractivity contribution in [2.75, 3.05) is 4.93 Å². The van der Waals surface area contributed by atoms with E-state index in [1.54, 1.807) is 12.1 Å². The van der Waals surface area contributed by atoms with Crippen molar-refractivity contribution < 1.29 is 36.4 Å². The van der Waals surface area contributed by atoms with Crippen molar-refractivity contribution in [2.24, 2.45) is 0 Å². The van der Waals surface area contributed by atoms with Gasteiger partial charge in [-0.3, -0.25) is 0 Å². The number of hydrogen-bond acceptors (Lipinski definition) is 3. The van der Waals surface area contributed by atoms with E-state index in [4.69, 9.17) is 5.21 Å². The molecule has 5 heteroatoms. The number of alkyl halides is 1. The predicted octanol–water partition coefficient (Wildman–Crippen LogP) is -3.05. The molecule has 1 aromatic rings. The van der Waals surface area contributed by atoms with Crippen molar-refractivity contribution in [1.29, 1.82) is 0 Å². The Labute approximate surface area is 86.0 Å². The first kappa shape index (κ1) is 10.6. The van der Waals surface area contributed by atoms with Crippen molar-refractivity contribution in [3.05, 3.63) is 35.0 Å². The molecule has 0 heterocycles. The first-order chi connectivity index (χ1) is 6.15. The number of nitrogens with one attached hydrogen (secondary N) is 1. The Balaban J connectivity index is 2.98. The van der Waals surface area contributed by atoms with Crippen molar-refractivity contribution in [3.63, 3.8) is 0 Å². The minimum absolute atomic E-state index is 0.0712. The first-order valence-electron chi connectivity index (χ1n) is 3.52. The predicted molar refractivity (Wildman–Crippen MR) is 42.5 cm³/mol. The zero-order valence-electron chi connectivity index (χ0n) is 6.95. The molecule has 0 saturated heterocycles. The molecular formula is C8H9INO3-. The van der Waals surface area contributed by atoms with Gasteiger partial charge < -0.3 is 0 Å². The normalized spacial score (nSPS) is 12.8. The molecule has 0 aromatic heterocycles. The number of carbonyl (C=O) groups excluding carboxylic acids is 1. The van der Waals surface area contributed by atoms with Gasteiger partial charge in [-0.2, -0.15) is 0 Å². The van der Waals surface area contributed by atoms with Gasteiger partial charge in [0.1, 0.15) is 0 Å². The summed E-state index contributed by atoms with van der Waals surface area (Å²) in [5.74, 6) is 0. The molecule has 1 rings (SSSR count).